The molecule has 2 aliphatic carbocycles. The van der Waals surface area contributed by atoms with E-state index in [2.05, 4.69) is 47.6 Å². The molecule has 0 aromatic carbocycles. The molecule has 1 saturated carbocycles. The van der Waals surface area contributed by atoms with E-state index in [1.165, 1.54) is 44.9 Å². The minimum atomic E-state index is -0.152. The molecule has 5 atom stereocenters. The molecule has 0 amide bonds. The molecule has 1 N–H and O–H groups in total. The van der Waals surface area contributed by atoms with Gasteiger partial charge in [0.05, 0.1) is 0 Å². The van der Waals surface area contributed by atoms with Gasteiger partial charge in [-0.1, -0.05) is 72.5 Å². The Bertz CT molecular complexity index is 467. The number of hydrogen-bond donors (Lipinski definition) is 1. The van der Waals surface area contributed by atoms with Crippen molar-refractivity contribution in [2.75, 3.05) is 13.4 Å². The number of hydrogen-bond acceptors (Lipinski definition) is 2. The molecule has 0 aromatic rings. The van der Waals surface area contributed by atoms with Crippen molar-refractivity contribution < 1.29 is 9.84 Å². The van der Waals surface area contributed by atoms with Gasteiger partial charge in [-0.15, -0.1) is 0 Å². The minimum absolute atomic E-state index is 0.152. The van der Waals surface area contributed by atoms with Crippen LogP contribution in [-0.4, -0.2) is 18.5 Å². The molecule has 5 unspecified atom stereocenters. The predicted molar refractivity (Wildman–Crippen MR) is 111 cm³/mol. The van der Waals surface area contributed by atoms with E-state index in [1.807, 2.05) is 0 Å². The van der Waals surface area contributed by atoms with E-state index >= 15 is 0 Å². The third-order valence-corrected chi connectivity index (χ3v) is 8.50. The van der Waals surface area contributed by atoms with Gasteiger partial charge in [0.2, 0.25) is 0 Å². The fraction of sp³-hybridized carbons (Fsp3) is 0.917. The molecular weight excluding hydrogens is 320 g/mol. The second-order valence-corrected chi connectivity index (χ2v) is 9.82. The Kier molecular flexibility index (Phi) is 7.80. The Morgan fingerprint density at radius 2 is 1.92 bits per heavy atom. The normalized spacial score (nSPS) is 37.4. The third-order valence-electron chi connectivity index (χ3n) is 8.50. The number of rotatable bonds is 8. The summed E-state index contributed by atoms with van der Waals surface area (Å²) in [6, 6.07) is 0. The lowest BCUT2D eigenvalue weighted by molar-refractivity contribution is -0.0321. The minimum Gasteiger partial charge on any atom is -0.371 e. The standard InChI is InChI=1S/C24H44O2/c1-7-19-13-14-20(22-12-9-11-18(3)23(22,4)5)21(8-2)24(19,6)15-10-16-26-17-25/h13,18,20-22,25H,7-12,14-17H2,1-6H3. The van der Waals surface area contributed by atoms with Crippen LogP contribution in [0.15, 0.2) is 11.6 Å². The summed E-state index contributed by atoms with van der Waals surface area (Å²) >= 11 is 0. The van der Waals surface area contributed by atoms with Gasteiger partial charge in [0.15, 0.2) is 0 Å². The third kappa shape index (κ3) is 4.22. The zero-order chi connectivity index (χ0) is 19.4. The number of allylic oxidation sites excluding steroid dienone is 2. The highest BCUT2D eigenvalue weighted by Gasteiger charge is 2.49. The molecule has 0 bridgehead atoms. The average Bonchev–Trinajstić information content (AvgIpc) is 2.61. The van der Waals surface area contributed by atoms with E-state index in [-0.39, 0.29) is 6.79 Å². The average molecular weight is 365 g/mol. The fourth-order valence-electron chi connectivity index (χ4n) is 6.60. The van der Waals surface area contributed by atoms with Crippen LogP contribution in [0.25, 0.3) is 0 Å². The summed E-state index contributed by atoms with van der Waals surface area (Å²) in [6.45, 7) is 15.4. The SMILES string of the molecule is CCC1=CCC(C2CCCC(C)C2(C)C)C(CC)C1(C)CCCOCO. The van der Waals surface area contributed by atoms with Crippen molar-refractivity contribution in [1.82, 2.24) is 0 Å². The topological polar surface area (TPSA) is 29.5 Å². The molecule has 2 rings (SSSR count). The largest absolute Gasteiger partial charge is 0.371 e. The molecule has 0 aromatic heterocycles. The van der Waals surface area contributed by atoms with E-state index in [1.54, 1.807) is 5.57 Å². The zero-order valence-corrected chi connectivity index (χ0v) is 18.3. The quantitative estimate of drug-likeness (QED) is 0.299. The number of ether oxygens (including phenoxy) is 1. The Morgan fingerprint density at radius 3 is 2.54 bits per heavy atom. The first-order valence-electron chi connectivity index (χ1n) is 11.2. The molecule has 1 fully saturated rings. The van der Waals surface area contributed by atoms with Crippen molar-refractivity contribution >= 4 is 0 Å². The summed E-state index contributed by atoms with van der Waals surface area (Å²) in [5, 5.41) is 8.92. The maximum Gasteiger partial charge on any atom is 0.143 e. The van der Waals surface area contributed by atoms with E-state index < -0.39 is 0 Å². The van der Waals surface area contributed by atoms with Gasteiger partial charge in [0.25, 0.3) is 0 Å². The number of aliphatic hydroxyl groups excluding tert-OH is 1. The summed E-state index contributed by atoms with van der Waals surface area (Å²) in [4.78, 5) is 0. The zero-order valence-electron chi connectivity index (χ0n) is 18.3. The van der Waals surface area contributed by atoms with Crippen molar-refractivity contribution in [1.29, 1.82) is 0 Å². The summed E-state index contributed by atoms with van der Waals surface area (Å²) in [7, 11) is 0. The lowest BCUT2D eigenvalue weighted by Crippen LogP contribution is -2.47. The van der Waals surface area contributed by atoms with Crippen molar-refractivity contribution in [3.8, 4) is 0 Å². The maximum atomic E-state index is 8.92. The Hall–Kier alpha value is -0.340. The molecule has 2 heteroatoms. The molecule has 0 heterocycles. The first-order valence-corrected chi connectivity index (χ1v) is 11.2. The highest BCUT2D eigenvalue weighted by molar-refractivity contribution is 5.21. The lowest BCUT2D eigenvalue weighted by atomic mass is 9.50. The monoisotopic (exact) mass is 364 g/mol. The van der Waals surface area contributed by atoms with E-state index in [4.69, 9.17) is 9.84 Å². The van der Waals surface area contributed by atoms with Gasteiger partial charge >= 0.3 is 0 Å². The van der Waals surface area contributed by atoms with Crippen LogP contribution in [0.2, 0.25) is 0 Å². The first-order chi connectivity index (χ1) is 12.3. The summed E-state index contributed by atoms with van der Waals surface area (Å²) in [5.74, 6) is 3.27. The molecule has 0 aliphatic heterocycles. The van der Waals surface area contributed by atoms with Crippen LogP contribution in [0.5, 0.6) is 0 Å². The Labute approximate surface area is 162 Å². The van der Waals surface area contributed by atoms with Crippen molar-refractivity contribution in [2.24, 2.45) is 34.5 Å². The van der Waals surface area contributed by atoms with Gasteiger partial charge in [0, 0.05) is 6.61 Å². The molecule has 0 radical (unpaired) electrons. The molecule has 2 nitrogen and oxygen atoms in total. The van der Waals surface area contributed by atoms with Gasteiger partial charge < -0.3 is 9.84 Å². The van der Waals surface area contributed by atoms with Crippen LogP contribution < -0.4 is 0 Å². The van der Waals surface area contributed by atoms with Crippen molar-refractivity contribution in [3.63, 3.8) is 0 Å². The molecule has 152 valence electrons. The van der Waals surface area contributed by atoms with E-state index in [0.29, 0.717) is 17.4 Å². The Balaban J connectivity index is 2.27. The molecule has 0 spiro atoms. The van der Waals surface area contributed by atoms with Crippen LogP contribution >= 0.6 is 0 Å². The molecular formula is C24H44O2. The number of aliphatic hydroxyl groups is 1. The van der Waals surface area contributed by atoms with Crippen LogP contribution in [-0.2, 0) is 4.74 Å². The van der Waals surface area contributed by atoms with Crippen LogP contribution in [0.3, 0.4) is 0 Å². The van der Waals surface area contributed by atoms with Crippen LogP contribution in [0, 0.1) is 34.5 Å². The second kappa shape index (κ2) is 9.24. The van der Waals surface area contributed by atoms with E-state index in [0.717, 1.165) is 30.1 Å². The van der Waals surface area contributed by atoms with E-state index in [9.17, 15) is 0 Å². The smallest absolute Gasteiger partial charge is 0.143 e. The summed E-state index contributed by atoms with van der Waals surface area (Å²) in [5.41, 5.74) is 2.42. The highest BCUT2D eigenvalue weighted by Crippen LogP contribution is 2.58. The molecule has 26 heavy (non-hydrogen) atoms. The van der Waals surface area contributed by atoms with Gasteiger partial charge in [-0.2, -0.15) is 0 Å². The van der Waals surface area contributed by atoms with Crippen LogP contribution in [0.4, 0.5) is 0 Å². The maximum absolute atomic E-state index is 8.92. The summed E-state index contributed by atoms with van der Waals surface area (Å²) < 4.78 is 5.23. The van der Waals surface area contributed by atoms with Gasteiger partial charge in [-0.25, -0.2) is 0 Å². The summed E-state index contributed by atoms with van der Waals surface area (Å²) in [6.07, 6.45) is 12.8. The lowest BCUT2D eigenvalue weighted by Gasteiger charge is -2.55. The first kappa shape index (κ1) is 22.0. The molecule has 0 saturated heterocycles. The van der Waals surface area contributed by atoms with Crippen molar-refractivity contribution in [3.05, 3.63) is 11.6 Å². The van der Waals surface area contributed by atoms with Crippen LogP contribution in [0.1, 0.15) is 92.9 Å². The van der Waals surface area contributed by atoms with Crippen molar-refractivity contribution in [2.45, 2.75) is 92.9 Å². The second-order valence-electron chi connectivity index (χ2n) is 9.82. The fourth-order valence-corrected chi connectivity index (χ4v) is 6.60. The Morgan fingerprint density at radius 1 is 1.19 bits per heavy atom. The molecule has 2 aliphatic rings. The van der Waals surface area contributed by atoms with Gasteiger partial charge in [-0.3, -0.25) is 0 Å². The van der Waals surface area contributed by atoms with Gasteiger partial charge in [0.1, 0.15) is 6.79 Å². The highest BCUT2D eigenvalue weighted by atomic mass is 16.6. The van der Waals surface area contributed by atoms with Gasteiger partial charge in [-0.05, 0) is 66.6 Å². The predicted octanol–water partition coefficient (Wildman–Crippen LogP) is 6.58.